The van der Waals surface area contributed by atoms with E-state index < -0.39 is 10.0 Å². The van der Waals surface area contributed by atoms with Gasteiger partial charge in [0.1, 0.15) is 4.90 Å². The molecule has 108 valence electrons. The highest BCUT2D eigenvalue weighted by atomic mass is 32.2. The van der Waals surface area contributed by atoms with Crippen molar-refractivity contribution in [1.82, 2.24) is 4.72 Å². The number of nitrogen functional groups attached to an aromatic ring is 1. The maximum atomic E-state index is 12.4. The molecule has 0 amide bonds. The first-order chi connectivity index (χ1) is 8.69. The van der Waals surface area contributed by atoms with E-state index in [-0.39, 0.29) is 16.9 Å². The van der Waals surface area contributed by atoms with Gasteiger partial charge in [0.25, 0.3) is 0 Å². The van der Waals surface area contributed by atoms with Gasteiger partial charge < -0.3 is 5.73 Å². The van der Waals surface area contributed by atoms with E-state index in [2.05, 4.69) is 4.72 Å². The van der Waals surface area contributed by atoms with Gasteiger partial charge >= 0.3 is 0 Å². The number of hydrogen-bond acceptors (Lipinski definition) is 3. The fourth-order valence-corrected chi connectivity index (χ4v) is 3.66. The molecular weight excluding hydrogens is 260 g/mol. The summed E-state index contributed by atoms with van der Waals surface area (Å²) in [7, 11) is -3.56. The number of benzene rings is 1. The molecule has 19 heavy (non-hydrogen) atoms. The molecule has 1 aromatic rings. The van der Waals surface area contributed by atoms with Crippen molar-refractivity contribution < 1.29 is 8.42 Å². The van der Waals surface area contributed by atoms with Crippen LogP contribution in [0, 0.1) is 19.8 Å². The quantitative estimate of drug-likeness (QED) is 0.816. The molecule has 1 aromatic carbocycles. The topological polar surface area (TPSA) is 72.2 Å². The molecule has 1 rings (SSSR count). The van der Waals surface area contributed by atoms with Crippen LogP contribution in [0.5, 0.6) is 0 Å². The zero-order valence-electron chi connectivity index (χ0n) is 12.3. The smallest absolute Gasteiger partial charge is 0.242 e. The van der Waals surface area contributed by atoms with Gasteiger partial charge in [-0.3, -0.25) is 0 Å². The molecule has 0 saturated heterocycles. The van der Waals surface area contributed by atoms with Gasteiger partial charge in [0.2, 0.25) is 10.0 Å². The van der Waals surface area contributed by atoms with Gasteiger partial charge in [-0.05, 0) is 49.4 Å². The molecule has 0 aliphatic heterocycles. The van der Waals surface area contributed by atoms with Crippen LogP contribution < -0.4 is 10.5 Å². The van der Waals surface area contributed by atoms with Crippen molar-refractivity contribution in [1.29, 1.82) is 0 Å². The summed E-state index contributed by atoms with van der Waals surface area (Å²) in [6, 6.07) is 3.27. The molecule has 0 saturated carbocycles. The summed E-state index contributed by atoms with van der Waals surface area (Å²) >= 11 is 0. The summed E-state index contributed by atoms with van der Waals surface area (Å²) in [5.74, 6) is 0.243. The third-order valence-corrected chi connectivity index (χ3v) is 5.01. The number of hydrogen-bond donors (Lipinski definition) is 2. The predicted molar refractivity (Wildman–Crippen MR) is 79.6 cm³/mol. The second-order valence-electron chi connectivity index (χ2n) is 5.35. The zero-order chi connectivity index (χ0) is 14.8. The van der Waals surface area contributed by atoms with Crippen LogP contribution in [0.25, 0.3) is 0 Å². The van der Waals surface area contributed by atoms with E-state index in [1.165, 1.54) is 0 Å². The van der Waals surface area contributed by atoms with E-state index in [4.69, 9.17) is 5.73 Å². The minimum Gasteiger partial charge on any atom is -0.398 e. The Morgan fingerprint density at radius 1 is 1.21 bits per heavy atom. The third kappa shape index (κ3) is 3.70. The second-order valence-corrected chi connectivity index (χ2v) is 7.04. The standard InChI is InChI=1S/C14H24N2O2S/c1-6-13(9(2)3)16-19(17,18)14-8-11(5)10(4)7-12(14)15/h7-9,13,16H,6,15H2,1-5H3. The maximum Gasteiger partial charge on any atom is 0.242 e. The molecule has 0 aromatic heterocycles. The number of nitrogens with two attached hydrogens (primary N) is 1. The molecule has 0 fully saturated rings. The Morgan fingerprint density at radius 3 is 2.21 bits per heavy atom. The number of nitrogens with one attached hydrogen (secondary N) is 1. The molecule has 5 heteroatoms. The van der Waals surface area contributed by atoms with Gasteiger partial charge in [-0.25, -0.2) is 13.1 Å². The molecule has 1 atom stereocenters. The molecule has 0 spiro atoms. The average molecular weight is 284 g/mol. The van der Waals surface area contributed by atoms with Crippen LogP contribution >= 0.6 is 0 Å². The van der Waals surface area contributed by atoms with Crippen molar-refractivity contribution in [2.75, 3.05) is 5.73 Å². The molecule has 3 N–H and O–H groups in total. The first-order valence-electron chi connectivity index (χ1n) is 6.58. The Kier molecular flexibility index (Phi) is 4.98. The largest absolute Gasteiger partial charge is 0.398 e. The highest BCUT2D eigenvalue weighted by Gasteiger charge is 2.23. The lowest BCUT2D eigenvalue weighted by Crippen LogP contribution is -2.38. The molecule has 4 nitrogen and oxygen atoms in total. The van der Waals surface area contributed by atoms with Gasteiger partial charge in [0.15, 0.2) is 0 Å². The van der Waals surface area contributed by atoms with E-state index in [9.17, 15) is 8.42 Å². The first-order valence-corrected chi connectivity index (χ1v) is 8.06. The summed E-state index contributed by atoms with van der Waals surface area (Å²) in [6.07, 6.45) is 0.752. The van der Waals surface area contributed by atoms with Crippen molar-refractivity contribution >= 4 is 15.7 Å². The number of rotatable bonds is 5. The molecule has 0 heterocycles. The molecule has 1 unspecified atom stereocenters. The van der Waals surface area contributed by atoms with Crippen molar-refractivity contribution in [3.05, 3.63) is 23.3 Å². The summed E-state index contributed by atoms with van der Waals surface area (Å²) in [5, 5.41) is 0. The average Bonchev–Trinajstić information content (AvgIpc) is 2.30. The van der Waals surface area contributed by atoms with Gasteiger partial charge in [-0.2, -0.15) is 0 Å². The minimum atomic E-state index is -3.56. The fourth-order valence-electron chi connectivity index (χ4n) is 2.00. The summed E-state index contributed by atoms with van der Waals surface area (Å²) in [4.78, 5) is 0.176. The Morgan fingerprint density at radius 2 is 1.74 bits per heavy atom. The maximum absolute atomic E-state index is 12.4. The SMILES string of the molecule is CCC(NS(=O)(=O)c1cc(C)c(C)cc1N)C(C)C. The molecule has 0 aliphatic rings. The Labute approximate surface area is 116 Å². The lowest BCUT2D eigenvalue weighted by atomic mass is 10.0. The van der Waals surface area contributed by atoms with Gasteiger partial charge in [0.05, 0.1) is 5.69 Å². The normalized spacial score (nSPS) is 13.8. The minimum absolute atomic E-state index is 0.0778. The Bertz CT molecular complexity index is 551. The zero-order valence-corrected chi connectivity index (χ0v) is 13.1. The Hall–Kier alpha value is -1.07. The summed E-state index contributed by atoms with van der Waals surface area (Å²) in [5.41, 5.74) is 8.07. The molecular formula is C14H24N2O2S. The molecule has 0 radical (unpaired) electrons. The van der Waals surface area contributed by atoms with Crippen LogP contribution in [-0.4, -0.2) is 14.5 Å². The van der Waals surface area contributed by atoms with Crippen molar-refractivity contribution in [2.45, 2.75) is 52.0 Å². The monoisotopic (exact) mass is 284 g/mol. The number of anilines is 1. The third-order valence-electron chi connectivity index (χ3n) is 3.47. The highest BCUT2D eigenvalue weighted by Crippen LogP contribution is 2.23. The lowest BCUT2D eigenvalue weighted by molar-refractivity contribution is 0.437. The van der Waals surface area contributed by atoms with Gasteiger partial charge in [-0.1, -0.05) is 20.8 Å². The number of aryl methyl sites for hydroxylation is 2. The first kappa shape index (κ1) is 16.0. The van der Waals surface area contributed by atoms with E-state index in [1.807, 2.05) is 34.6 Å². The van der Waals surface area contributed by atoms with Gasteiger partial charge in [0, 0.05) is 6.04 Å². The van der Waals surface area contributed by atoms with Crippen LogP contribution in [0.1, 0.15) is 38.3 Å². The van der Waals surface area contributed by atoms with E-state index in [0.29, 0.717) is 5.69 Å². The van der Waals surface area contributed by atoms with E-state index in [0.717, 1.165) is 17.5 Å². The van der Waals surface area contributed by atoms with E-state index >= 15 is 0 Å². The summed E-state index contributed by atoms with van der Waals surface area (Å²) < 4.78 is 27.5. The van der Waals surface area contributed by atoms with Crippen molar-refractivity contribution in [2.24, 2.45) is 5.92 Å². The van der Waals surface area contributed by atoms with Crippen LogP contribution in [0.15, 0.2) is 17.0 Å². The van der Waals surface area contributed by atoms with Crippen molar-refractivity contribution in [3.63, 3.8) is 0 Å². The lowest BCUT2D eigenvalue weighted by Gasteiger charge is -2.21. The van der Waals surface area contributed by atoms with Crippen LogP contribution in [0.2, 0.25) is 0 Å². The predicted octanol–water partition coefficient (Wildman–Crippen LogP) is 2.60. The van der Waals surface area contributed by atoms with E-state index in [1.54, 1.807) is 12.1 Å². The summed E-state index contributed by atoms with van der Waals surface area (Å²) in [6.45, 7) is 9.77. The van der Waals surface area contributed by atoms with Crippen LogP contribution in [0.4, 0.5) is 5.69 Å². The molecule has 0 aliphatic carbocycles. The molecule has 0 bridgehead atoms. The second kappa shape index (κ2) is 5.92. The van der Waals surface area contributed by atoms with Crippen LogP contribution in [-0.2, 0) is 10.0 Å². The Balaban J connectivity index is 3.17. The van der Waals surface area contributed by atoms with Crippen LogP contribution in [0.3, 0.4) is 0 Å². The van der Waals surface area contributed by atoms with Crippen molar-refractivity contribution in [3.8, 4) is 0 Å². The number of sulfonamides is 1. The van der Waals surface area contributed by atoms with Gasteiger partial charge in [-0.15, -0.1) is 0 Å². The fraction of sp³-hybridized carbons (Fsp3) is 0.571. The highest BCUT2D eigenvalue weighted by molar-refractivity contribution is 7.89.